The van der Waals surface area contributed by atoms with Crippen LogP contribution in [0.5, 0.6) is 0 Å². The molecule has 0 radical (unpaired) electrons. The number of rotatable bonds is 8. The minimum absolute atomic E-state index is 0.137. The van der Waals surface area contributed by atoms with E-state index in [4.69, 9.17) is 4.42 Å². The Bertz CT molecular complexity index is 997. The molecule has 1 saturated carbocycles. The third-order valence-electron chi connectivity index (χ3n) is 5.62. The zero-order chi connectivity index (χ0) is 21.6. The van der Waals surface area contributed by atoms with Crippen LogP contribution in [0.25, 0.3) is 0 Å². The van der Waals surface area contributed by atoms with Gasteiger partial charge in [0, 0.05) is 18.0 Å². The minimum atomic E-state index is -0.868. The van der Waals surface area contributed by atoms with Crippen LogP contribution in [0, 0.1) is 6.92 Å². The van der Waals surface area contributed by atoms with Gasteiger partial charge in [-0.1, -0.05) is 47.7 Å². The molecule has 2 heterocycles. The number of furan rings is 1. The maximum atomic E-state index is 13.4. The van der Waals surface area contributed by atoms with Crippen LogP contribution in [0.4, 0.5) is 0 Å². The highest BCUT2D eigenvalue weighted by Crippen LogP contribution is 2.27. The molecule has 4 rings (SSSR count). The van der Waals surface area contributed by atoms with Gasteiger partial charge in [0.15, 0.2) is 11.7 Å². The molecule has 0 aliphatic heterocycles. The van der Waals surface area contributed by atoms with E-state index in [9.17, 15) is 9.59 Å². The number of nitrogens with one attached hydrogen (secondary N) is 1. The molecule has 2 aromatic heterocycles. The standard InChI is InChI=1S/C23H26N4O3S/c1-16-11-12-20(30-16)21(22(28)24-18-9-5-6-10-18)27(23(29)19-15-31-26-25-19)14-13-17-7-3-2-4-8-17/h2-4,7-8,11-12,15,18,21H,5-6,9-10,13-14H2,1H3,(H,24,28). The first-order chi connectivity index (χ1) is 15.1. The number of carbonyl (C=O) groups excluding carboxylic acids is 2. The molecule has 3 aromatic rings. The van der Waals surface area contributed by atoms with Gasteiger partial charge in [0.25, 0.3) is 11.8 Å². The van der Waals surface area contributed by atoms with Gasteiger partial charge in [0.2, 0.25) is 0 Å². The summed E-state index contributed by atoms with van der Waals surface area (Å²) in [6.07, 6.45) is 4.75. The van der Waals surface area contributed by atoms with Crippen LogP contribution in [-0.4, -0.2) is 38.9 Å². The molecular weight excluding hydrogens is 412 g/mol. The van der Waals surface area contributed by atoms with Gasteiger partial charge in [-0.2, -0.15) is 0 Å². The van der Waals surface area contributed by atoms with Crippen LogP contribution in [0.15, 0.2) is 52.3 Å². The third-order valence-corrected chi connectivity index (χ3v) is 6.12. The van der Waals surface area contributed by atoms with E-state index in [0.29, 0.717) is 24.5 Å². The molecular formula is C23H26N4O3S. The summed E-state index contributed by atoms with van der Waals surface area (Å²) in [7, 11) is 0. The van der Waals surface area contributed by atoms with Crippen molar-refractivity contribution in [3.8, 4) is 0 Å². The number of aromatic nitrogens is 2. The average Bonchev–Trinajstić information content (AvgIpc) is 3.54. The fourth-order valence-electron chi connectivity index (χ4n) is 4.02. The summed E-state index contributed by atoms with van der Waals surface area (Å²) in [5.41, 5.74) is 1.32. The molecule has 1 atom stereocenters. The fraction of sp³-hybridized carbons (Fsp3) is 0.391. The summed E-state index contributed by atoms with van der Waals surface area (Å²) in [5.74, 6) is 0.605. The number of benzene rings is 1. The highest BCUT2D eigenvalue weighted by molar-refractivity contribution is 7.03. The number of hydrogen-bond donors (Lipinski definition) is 1. The van der Waals surface area contributed by atoms with Gasteiger partial charge in [-0.05, 0) is 55.4 Å². The van der Waals surface area contributed by atoms with Gasteiger partial charge < -0.3 is 14.6 Å². The van der Waals surface area contributed by atoms with E-state index < -0.39 is 6.04 Å². The van der Waals surface area contributed by atoms with Crippen molar-refractivity contribution in [2.24, 2.45) is 0 Å². The Morgan fingerprint density at radius 1 is 1.19 bits per heavy atom. The molecule has 1 N–H and O–H groups in total. The highest BCUT2D eigenvalue weighted by Gasteiger charge is 2.36. The Kier molecular flexibility index (Phi) is 6.76. The summed E-state index contributed by atoms with van der Waals surface area (Å²) >= 11 is 1.11. The molecule has 1 fully saturated rings. The predicted octanol–water partition coefficient (Wildman–Crippen LogP) is 3.92. The van der Waals surface area contributed by atoms with Crippen LogP contribution in [0.3, 0.4) is 0 Å². The normalized spacial score (nSPS) is 15.0. The maximum Gasteiger partial charge on any atom is 0.276 e. The van der Waals surface area contributed by atoms with Gasteiger partial charge >= 0.3 is 0 Å². The van der Waals surface area contributed by atoms with E-state index in [1.54, 1.807) is 16.3 Å². The smallest absolute Gasteiger partial charge is 0.276 e. The van der Waals surface area contributed by atoms with Gasteiger partial charge in [0.05, 0.1) is 0 Å². The van der Waals surface area contributed by atoms with Crippen LogP contribution < -0.4 is 5.32 Å². The van der Waals surface area contributed by atoms with E-state index in [0.717, 1.165) is 42.8 Å². The second-order valence-electron chi connectivity index (χ2n) is 7.87. The predicted molar refractivity (Wildman–Crippen MR) is 118 cm³/mol. The quantitative estimate of drug-likeness (QED) is 0.576. The molecule has 162 valence electrons. The first kappa shape index (κ1) is 21.2. The molecule has 1 aromatic carbocycles. The zero-order valence-electron chi connectivity index (χ0n) is 17.5. The van der Waals surface area contributed by atoms with Crippen molar-refractivity contribution in [3.05, 3.63) is 70.6 Å². The molecule has 1 aliphatic rings. The second kappa shape index (κ2) is 9.87. The third kappa shape index (κ3) is 5.19. The van der Waals surface area contributed by atoms with Crippen LogP contribution in [0.1, 0.15) is 59.3 Å². The highest BCUT2D eigenvalue weighted by atomic mass is 32.1. The zero-order valence-corrected chi connectivity index (χ0v) is 18.3. The summed E-state index contributed by atoms with van der Waals surface area (Å²) in [6.45, 7) is 2.18. The number of nitrogens with zero attached hydrogens (tertiary/aromatic N) is 3. The van der Waals surface area contributed by atoms with Gasteiger partial charge in [-0.25, -0.2) is 0 Å². The maximum absolute atomic E-state index is 13.4. The number of carbonyl (C=O) groups is 2. The summed E-state index contributed by atoms with van der Waals surface area (Å²) in [6, 6.07) is 12.8. The number of amides is 2. The average molecular weight is 439 g/mol. The van der Waals surface area contributed by atoms with Crippen molar-refractivity contribution in [1.29, 1.82) is 0 Å². The summed E-state index contributed by atoms with van der Waals surface area (Å²) < 4.78 is 9.67. The topological polar surface area (TPSA) is 88.3 Å². The number of aryl methyl sites for hydroxylation is 1. The summed E-state index contributed by atoms with van der Waals surface area (Å²) in [5, 5.41) is 8.70. The molecule has 31 heavy (non-hydrogen) atoms. The lowest BCUT2D eigenvalue weighted by molar-refractivity contribution is -0.127. The Labute approximate surface area is 185 Å². The molecule has 0 spiro atoms. The Hall–Kier alpha value is -3.00. The lowest BCUT2D eigenvalue weighted by Gasteiger charge is -2.30. The van der Waals surface area contributed by atoms with Crippen molar-refractivity contribution < 1.29 is 14.0 Å². The van der Waals surface area contributed by atoms with Crippen LogP contribution in [-0.2, 0) is 11.2 Å². The summed E-state index contributed by atoms with van der Waals surface area (Å²) in [4.78, 5) is 28.4. The van der Waals surface area contributed by atoms with E-state index in [-0.39, 0.29) is 23.6 Å². The molecule has 1 unspecified atom stereocenters. The van der Waals surface area contributed by atoms with Crippen molar-refractivity contribution in [2.45, 2.75) is 51.1 Å². The molecule has 0 saturated heterocycles. The van der Waals surface area contributed by atoms with Crippen molar-refractivity contribution >= 4 is 23.3 Å². The monoisotopic (exact) mass is 438 g/mol. The van der Waals surface area contributed by atoms with Gasteiger partial charge in [-0.3, -0.25) is 9.59 Å². The lowest BCUT2D eigenvalue weighted by Crippen LogP contribution is -2.46. The fourth-order valence-corrected chi connectivity index (χ4v) is 4.45. The van der Waals surface area contributed by atoms with Crippen LogP contribution >= 0.6 is 11.5 Å². The molecule has 7 nitrogen and oxygen atoms in total. The first-order valence-corrected chi connectivity index (χ1v) is 11.4. The second-order valence-corrected chi connectivity index (χ2v) is 8.48. The molecule has 8 heteroatoms. The Morgan fingerprint density at radius 3 is 2.61 bits per heavy atom. The SMILES string of the molecule is Cc1ccc(C(C(=O)NC2CCCC2)N(CCc2ccccc2)C(=O)c2csnn2)o1. The van der Waals surface area contributed by atoms with Crippen LogP contribution in [0.2, 0.25) is 0 Å². The lowest BCUT2D eigenvalue weighted by atomic mass is 10.1. The molecule has 1 aliphatic carbocycles. The van der Waals surface area contributed by atoms with E-state index in [1.807, 2.05) is 43.3 Å². The van der Waals surface area contributed by atoms with Crippen molar-refractivity contribution in [3.63, 3.8) is 0 Å². The van der Waals surface area contributed by atoms with E-state index in [2.05, 4.69) is 14.9 Å². The van der Waals surface area contributed by atoms with Gasteiger partial charge in [0.1, 0.15) is 11.5 Å². The van der Waals surface area contributed by atoms with E-state index in [1.165, 1.54) is 0 Å². The van der Waals surface area contributed by atoms with Crippen molar-refractivity contribution in [2.75, 3.05) is 6.54 Å². The Morgan fingerprint density at radius 2 is 1.97 bits per heavy atom. The first-order valence-electron chi connectivity index (χ1n) is 10.6. The van der Waals surface area contributed by atoms with Crippen molar-refractivity contribution in [1.82, 2.24) is 19.8 Å². The Balaban J connectivity index is 1.65. The molecule has 2 amide bonds. The minimum Gasteiger partial charge on any atom is -0.464 e. The molecule has 0 bridgehead atoms. The van der Waals surface area contributed by atoms with Gasteiger partial charge in [-0.15, -0.1) is 5.10 Å². The van der Waals surface area contributed by atoms with E-state index >= 15 is 0 Å². The largest absolute Gasteiger partial charge is 0.464 e. The number of hydrogen-bond acceptors (Lipinski definition) is 6.